The summed E-state index contributed by atoms with van der Waals surface area (Å²) in [6.07, 6.45) is 2.10. The van der Waals surface area contributed by atoms with Crippen LogP contribution in [0.4, 0.5) is 0 Å². The Bertz CT molecular complexity index is 495. The van der Waals surface area contributed by atoms with Crippen molar-refractivity contribution in [1.29, 1.82) is 0 Å². The first-order valence-electron chi connectivity index (χ1n) is 8.93. The molecule has 2 rings (SSSR count). The molecule has 6 nitrogen and oxygen atoms in total. The lowest BCUT2D eigenvalue weighted by atomic mass is 10.2. The maximum atomic E-state index is 5.33. The monoisotopic (exact) mass is 321 g/mol. The molecule has 23 heavy (non-hydrogen) atoms. The van der Waals surface area contributed by atoms with E-state index in [2.05, 4.69) is 48.0 Å². The molecule has 1 fully saturated rings. The molecule has 1 N–H and O–H groups in total. The zero-order chi connectivity index (χ0) is 16.7. The van der Waals surface area contributed by atoms with Gasteiger partial charge in [0.15, 0.2) is 11.7 Å². The van der Waals surface area contributed by atoms with Gasteiger partial charge in [-0.1, -0.05) is 25.9 Å². The molecule has 0 bridgehead atoms. The van der Waals surface area contributed by atoms with Crippen LogP contribution >= 0.6 is 0 Å². The van der Waals surface area contributed by atoms with Crippen LogP contribution in [0.1, 0.15) is 45.6 Å². The van der Waals surface area contributed by atoms with Crippen LogP contribution in [-0.4, -0.2) is 59.7 Å². The third kappa shape index (κ3) is 4.70. The van der Waals surface area contributed by atoms with E-state index in [4.69, 9.17) is 9.52 Å². The Balaban J connectivity index is 1.99. The minimum Gasteiger partial charge on any atom is -0.359 e. The molecule has 0 aromatic carbocycles. The average molecular weight is 321 g/mol. The molecule has 0 spiro atoms. The fraction of sp³-hybridized carbons (Fsp3) is 0.765. The SMILES string of the molecule is CCNC(=NCc1cc(CC)no1)N1CCC(N(CC)CC)C1. The second-order valence-corrected chi connectivity index (χ2v) is 5.92. The van der Waals surface area contributed by atoms with Crippen molar-refractivity contribution in [1.82, 2.24) is 20.3 Å². The topological polar surface area (TPSA) is 56.9 Å². The van der Waals surface area contributed by atoms with Gasteiger partial charge in [-0.15, -0.1) is 0 Å². The fourth-order valence-corrected chi connectivity index (χ4v) is 3.15. The van der Waals surface area contributed by atoms with Crippen LogP contribution in [0.5, 0.6) is 0 Å². The van der Waals surface area contributed by atoms with Gasteiger partial charge in [0.25, 0.3) is 0 Å². The second-order valence-electron chi connectivity index (χ2n) is 5.92. The number of likely N-dealkylation sites (tertiary alicyclic amines) is 1. The molecule has 1 aliphatic heterocycles. The van der Waals surface area contributed by atoms with Gasteiger partial charge in [0.1, 0.15) is 6.54 Å². The minimum atomic E-state index is 0.543. The molecule has 1 aromatic heterocycles. The van der Waals surface area contributed by atoms with Gasteiger partial charge < -0.3 is 14.7 Å². The second kappa shape index (κ2) is 8.91. The van der Waals surface area contributed by atoms with Crippen LogP contribution < -0.4 is 5.32 Å². The highest BCUT2D eigenvalue weighted by Crippen LogP contribution is 2.16. The Morgan fingerprint density at radius 3 is 2.78 bits per heavy atom. The van der Waals surface area contributed by atoms with E-state index in [9.17, 15) is 0 Å². The number of nitrogens with one attached hydrogen (secondary N) is 1. The standard InChI is InChI=1S/C17H31N5O/c1-5-14-11-16(23-20-14)12-19-17(18-6-2)22-10-9-15(13-22)21(7-3)8-4/h11,15H,5-10,12-13H2,1-4H3,(H,18,19). The maximum absolute atomic E-state index is 5.33. The predicted molar refractivity (Wildman–Crippen MR) is 93.6 cm³/mol. The highest BCUT2D eigenvalue weighted by atomic mass is 16.5. The first kappa shape index (κ1) is 17.8. The van der Waals surface area contributed by atoms with Gasteiger partial charge in [-0.25, -0.2) is 4.99 Å². The molecule has 1 aromatic rings. The van der Waals surface area contributed by atoms with Gasteiger partial charge >= 0.3 is 0 Å². The number of hydrogen-bond acceptors (Lipinski definition) is 4. The first-order valence-corrected chi connectivity index (χ1v) is 8.93. The van der Waals surface area contributed by atoms with Gasteiger partial charge in [-0.3, -0.25) is 4.90 Å². The van der Waals surface area contributed by atoms with E-state index in [-0.39, 0.29) is 0 Å². The van der Waals surface area contributed by atoms with Crippen molar-refractivity contribution in [3.63, 3.8) is 0 Å². The van der Waals surface area contributed by atoms with E-state index >= 15 is 0 Å². The fourth-order valence-electron chi connectivity index (χ4n) is 3.15. The molecular weight excluding hydrogens is 290 g/mol. The molecule has 1 saturated heterocycles. The summed E-state index contributed by atoms with van der Waals surface area (Å²) in [4.78, 5) is 9.64. The summed E-state index contributed by atoms with van der Waals surface area (Å²) < 4.78 is 5.33. The molecule has 1 aliphatic rings. The molecule has 0 radical (unpaired) electrons. The summed E-state index contributed by atoms with van der Waals surface area (Å²) in [5.41, 5.74) is 0.989. The van der Waals surface area contributed by atoms with Crippen molar-refractivity contribution >= 4 is 5.96 Å². The zero-order valence-corrected chi connectivity index (χ0v) is 15.0. The molecule has 0 saturated carbocycles. The molecule has 1 unspecified atom stereocenters. The average Bonchev–Trinajstić information content (AvgIpc) is 3.22. The summed E-state index contributed by atoms with van der Waals surface area (Å²) in [5, 5.41) is 7.44. The molecule has 130 valence electrons. The lowest BCUT2D eigenvalue weighted by Gasteiger charge is -2.27. The van der Waals surface area contributed by atoms with Gasteiger partial charge in [-0.05, 0) is 32.9 Å². The number of aromatic nitrogens is 1. The summed E-state index contributed by atoms with van der Waals surface area (Å²) in [7, 11) is 0. The normalized spacial score (nSPS) is 18.9. The Hall–Kier alpha value is -1.56. The van der Waals surface area contributed by atoms with Crippen LogP contribution in [0.15, 0.2) is 15.6 Å². The van der Waals surface area contributed by atoms with Crippen LogP contribution in [0.2, 0.25) is 0 Å². The van der Waals surface area contributed by atoms with E-state index in [0.29, 0.717) is 12.6 Å². The van der Waals surface area contributed by atoms with Crippen molar-refractivity contribution in [3.05, 3.63) is 17.5 Å². The van der Waals surface area contributed by atoms with E-state index < -0.39 is 0 Å². The molecule has 2 heterocycles. The number of aryl methyl sites for hydroxylation is 1. The van der Waals surface area contributed by atoms with Crippen molar-refractivity contribution in [3.8, 4) is 0 Å². The molecule has 0 aliphatic carbocycles. The molecule has 0 amide bonds. The van der Waals surface area contributed by atoms with Gasteiger partial charge in [0.2, 0.25) is 0 Å². The van der Waals surface area contributed by atoms with E-state index in [1.165, 1.54) is 6.42 Å². The summed E-state index contributed by atoms with van der Waals surface area (Å²) in [6.45, 7) is 14.4. The van der Waals surface area contributed by atoms with E-state index in [0.717, 1.165) is 56.6 Å². The van der Waals surface area contributed by atoms with Crippen LogP contribution in [0.25, 0.3) is 0 Å². The highest BCUT2D eigenvalue weighted by molar-refractivity contribution is 5.80. The predicted octanol–water partition coefficient (Wildman–Crippen LogP) is 2.12. The summed E-state index contributed by atoms with van der Waals surface area (Å²) in [6, 6.07) is 2.63. The van der Waals surface area contributed by atoms with Crippen molar-refractivity contribution in [2.45, 2.75) is 53.1 Å². The molecule has 1 atom stereocenters. The lowest BCUT2D eigenvalue weighted by Crippen LogP contribution is -2.43. The van der Waals surface area contributed by atoms with E-state index in [1.807, 2.05) is 6.07 Å². The lowest BCUT2D eigenvalue weighted by molar-refractivity contribution is 0.223. The third-order valence-electron chi connectivity index (χ3n) is 4.48. The minimum absolute atomic E-state index is 0.543. The Morgan fingerprint density at radius 2 is 2.17 bits per heavy atom. The quantitative estimate of drug-likeness (QED) is 0.616. The number of hydrogen-bond donors (Lipinski definition) is 1. The highest BCUT2D eigenvalue weighted by Gasteiger charge is 2.27. The van der Waals surface area contributed by atoms with Crippen LogP contribution in [0.3, 0.4) is 0 Å². The van der Waals surface area contributed by atoms with Crippen LogP contribution in [0, 0.1) is 0 Å². The summed E-state index contributed by atoms with van der Waals surface area (Å²) >= 11 is 0. The Morgan fingerprint density at radius 1 is 1.39 bits per heavy atom. The number of nitrogens with zero attached hydrogens (tertiary/aromatic N) is 4. The number of aliphatic imine (C=N–C) groups is 1. The third-order valence-corrected chi connectivity index (χ3v) is 4.48. The molecular formula is C17H31N5O. The van der Waals surface area contributed by atoms with Crippen molar-refractivity contribution < 1.29 is 4.52 Å². The zero-order valence-electron chi connectivity index (χ0n) is 15.0. The van der Waals surface area contributed by atoms with Gasteiger partial charge in [-0.2, -0.15) is 0 Å². The Labute approximate surface area is 139 Å². The number of likely N-dealkylation sites (N-methyl/N-ethyl adjacent to an activating group) is 1. The van der Waals surface area contributed by atoms with E-state index in [1.54, 1.807) is 0 Å². The number of rotatable bonds is 7. The Kier molecular flexibility index (Phi) is 6.89. The first-order chi connectivity index (χ1) is 11.2. The maximum Gasteiger partial charge on any atom is 0.194 e. The van der Waals surface area contributed by atoms with Crippen molar-refractivity contribution in [2.75, 3.05) is 32.7 Å². The molecule has 6 heteroatoms. The van der Waals surface area contributed by atoms with Crippen molar-refractivity contribution in [2.24, 2.45) is 4.99 Å². The largest absolute Gasteiger partial charge is 0.359 e. The number of guanidine groups is 1. The van der Waals surface area contributed by atoms with Crippen LogP contribution in [-0.2, 0) is 13.0 Å². The smallest absolute Gasteiger partial charge is 0.194 e. The summed E-state index contributed by atoms with van der Waals surface area (Å²) in [5.74, 6) is 1.81. The van der Waals surface area contributed by atoms with Gasteiger partial charge in [0, 0.05) is 31.7 Å². The van der Waals surface area contributed by atoms with Gasteiger partial charge in [0.05, 0.1) is 5.69 Å².